The van der Waals surface area contributed by atoms with Crippen LogP contribution in [0.25, 0.3) is 0 Å². The van der Waals surface area contributed by atoms with Gasteiger partial charge in [0, 0.05) is 0 Å². The van der Waals surface area contributed by atoms with Crippen molar-refractivity contribution >= 4 is 23.7 Å². The Balaban J connectivity index is 5.47. The monoisotopic (exact) mass is 471 g/mol. The van der Waals surface area contributed by atoms with Gasteiger partial charge in [-0.05, 0) is 50.0 Å². The molecule has 0 aromatic heterocycles. The van der Waals surface area contributed by atoms with E-state index in [0.29, 0.717) is 25.8 Å². The molecule has 192 valence electrons. The summed E-state index contributed by atoms with van der Waals surface area (Å²) in [5.74, 6) is -2.88. The molecular formula is C23H45N5O5. The molecule has 8 N–H and O–H groups in total. The summed E-state index contributed by atoms with van der Waals surface area (Å²) < 4.78 is 0. The van der Waals surface area contributed by atoms with Crippen LogP contribution in [0.4, 0.5) is 0 Å². The van der Waals surface area contributed by atoms with Gasteiger partial charge in [0.1, 0.15) is 18.1 Å². The van der Waals surface area contributed by atoms with E-state index in [0.717, 1.165) is 6.42 Å². The molecule has 0 aliphatic heterocycles. The van der Waals surface area contributed by atoms with Crippen LogP contribution in [0.3, 0.4) is 0 Å². The van der Waals surface area contributed by atoms with Crippen molar-refractivity contribution in [1.29, 1.82) is 0 Å². The summed E-state index contributed by atoms with van der Waals surface area (Å²) in [5, 5.41) is 17.4. The van der Waals surface area contributed by atoms with E-state index < -0.39 is 47.9 Å². The van der Waals surface area contributed by atoms with Gasteiger partial charge >= 0.3 is 5.97 Å². The average Bonchev–Trinajstić information content (AvgIpc) is 2.74. The fraction of sp³-hybridized carbons (Fsp3) is 0.826. The van der Waals surface area contributed by atoms with Crippen LogP contribution in [0.5, 0.6) is 0 Å². The third-order valence-electron chi connectivity index (χ3n) is 5.71. The van der Waals surface area contributed by atoms with E-state index in [1.54, 1.807) is 13.8 Å². The number of carbonyl (C=O) groups excluding carboxylic acids is 3. The quantitative estimate of drug-likeness (QED) is 0.180. The van der Waals surface area contributed by atoms with Crippen molar-refractivity contribution in [3.8, 4) is 0 Å². The largest absolute Gasteiger partial charge is 0.480 e. The summed E-state index contributed by atoms with van der Waals surface area (Å²) in [4.78, 5) is 50.0. The summed E-state index contributed by atoms with van der Waals surface area (Å²) >= 11 is 0. The highest BCUT2D eigenvalue weighted by molar-refractivity contribution is 5.94. The molecule has 5 atom stereocenters. The van der Waals surface area contributed by atoms with Crippen molar-refractivity contribution in [3.05, 3.63) is 0 Å². The van der Waals surface area contributed by atoms with Crippen LogP contribution in [-0.2, 0) is 19.2 Å². The predicted octanol–water partition coefficient (Wildman–Crippen LogP) is 0.730. The Morgan fingerprint density at radius 3 is 1.88 bits per heavy atom. The van der Waals surface area contributed by atoms with Crippen molar-refractivity contribution in [2.24, 2.45) is 29.2 Å². The molecule has 0 saturated carbocycles. The second-order valence-corrected chi connectivity index (χ2v) is 9.52. The van der Waals surface area contributed by atoms with Crippen molar-refractivity contribution in [1.82, 2.24) is 16.0 Å². The first-order valence-corrected chi connectivity index (χ1v) is 11.9. The van der Waals surface area contributed by atoms with Gasteiger partial charge in [0.25, 0.3) is 0 Å². The van der Waals surface area contributed by atoms with Gasteiger partial charge in [0.2, 0.25) is 17.7 Å². The van der Waals surface area contributed by atoms with Crippen molar-refractivity contribution < 1.29 is 24.3 Å². The Morgan fingerprint density at radius 2 is 1.42 bits per heavy atom. The minimum absolute atomic E-state index is 0.0513. The van der Waals surface area contributed by atoms with Crippen molar-refractivity contribution in [2.75, 3.05) is 6.54 Å². The maximum atomic E-state index is 13.0. The number of nitrogens with two attached hydrogens (primary N) is 2. The van der Waals surface area contributed by atoms with E-state index in [2.05, 4.69) is 16.0 Å². The minimum atomic E-state index is -1.13. The number of hydrogen-bond donors (Lipinski definition) is 6. The van der Waals surface area contributed by atoms with Gasteiger partial charge in [-0.15, -0.1) is 0 Å². The Labute approximate surface area is 198 Å². The minimum Gasteiger partial charge on any atom is -0.480 e. The zero-order valence-corrected chi connectivity index (χ0v) is 21.0. The molecule has 0 aromatic rings. The van der Waals surface area contributed by atoms with Gasteiger partial charge in [-0.25, -0.2) is 4.79 Å². The number of rotatable bonds is 16. The zero-order valence-electron chi connectivity index (χ0n) is 21.0. The number of amides is 3. The van der Waals surface area contributed by atoms with Gasteiger partial charge in [-0.2, -0.15) is 0 Å². The number of carbonyl (C=O) groups is 4. The summed E-state index contributed by atoms with van der Waals surface area (Å²) in [6, 6.07) is -3.64. The molecule has 10 nitrogen and oxygen atoms in total. The van der Waals surface area contributed by atoms with Gasteiger partial charge in [0.05, 0.1) is 6.04 Å². The number of unbranched alkanes of at least 4 members (excludes halogenated alkanes) is 1. The fourth-order valence-electron chi connectivity index (χ4n) is 3.29. The van der Waals surface area contributed by atoms with Crippen LogP contribution in [-0.4, -0.2) is 59.5 Å². The van der Waals surface area contributed by atoms with E-state index >= 15 is 0 Å². The maximum absolute atomic E-state index is 13.0. The molecule has 5 unspecified atom stereocenters. The number of nitrogens with one attached hydrogen (secondary N) is 3. The van der Waals surface area contributed by atoms with E-state index in [1.807, 2.05) is 27.7 Å². The molecular weight excluding hydrogens is 426 g/mol. The van der Waals surface area contributed by atoms with Crippen LogP contribution in [0.2, 0.25) is 0 Å². The number of carboxylic acids is 1. The lowest BCUT2D eigenvalue weighted by atomic mass is 9.97. The number of aliphatic carboxylic acids is 1. The van der Waals surface area contributed by atoms with Crippen LogP contribution in [0, 0.1) is 17.8 Å². The SMILES string of the molecule is CCC(C)C(N)C(=O)NC(C(=O)NC(CCCCN)C(=O)NC(CC(C)C)C(=O)O)C(C)C. The first-order valence-electron chi connectivity index (χ1n) is 11.9. The maximum Gasteiger partial charge on any atom is 0.326 e. The molecule has 0 aliphatic carbocycles. The summed E-state index contributed by atoms with van der Waals surface area (Å²) in [5.41, 5.74) is 11.5. The second-order valence-electron chi connectivity index (χ2n) is 9.52. The normalized spacial score (nSPS) is 15.9. The van der Waals surface area contributed by atoms with Crippen LogP contribution in [0.15, 0.2) is 0 Å². The van der Waals surface area contributed by atoms with Crippen molar-refractivity contribution in [2.45, 2.75) is 97.8 Å². The van der Waals surface area contributed by atoms with Gasteiger partial charge in [-0.3, -0.25) is 14.4 Å². The van der Waals surface area contributed by atoms with Gasteiger partial charge < -0.3 is 32.5 Å². The topological polar surface area (TPSA) is 177 Å². The first kappa shape index (κ1) is 30.8. The highest BCUT2D eigenvalue weighted by Gasteiger charge is 2.32. The van der Waals surface area contributed by atoms with Gasteiger partial charge in [0.15, 0.2) is 0 Å². The molecule has 3 amide bonds. The molecule has 0 fully saturated rings. The first-order chi connectivity index (χ1) is 15.3. The van der Waals surface area contributed by atoms with Crippen LogP contribution < -0.4 is 27.4 Å². The van der Waals surface area contributed by atoms with Crippen molar-refractivity contribution in [3.63, 3.8) is 0 Å². The molecule has 0 spiro atoms. The Morgan fingerprint density at radius 1 is 0.848 bits per heavy atom. The average molecular weight is 472 g/mol. The Hall–Kier alpha value is -2.20. The lowest BCUT2D eigenvalue weighted by Crippen LogP contribution is -2.59. The van der Waals surface area contributed by atoms with Crippen LogP contribution in [0.1, 0.15) is 73.6 Å². The lowest BCUT2D eigenvalue weighted by molar-refractivity contribution is -0.143. The molecule has 0 radical (unpaired) electrons. The second kappa shape index (κ2) is 15.6. The predicted molar refractivity (Wildman–Crippen MR) is 128 cm³/mol. The molecule has 0 saturated heterocycles. The summed E-state index contributed by atoms with van der Waals surface area (Å²) in [7, 11) is 0. The van der Waals surface area contributed by atoms with E-state index in [9.17, 15) is 24.3 Å². The summed E-state index contributed by atoms with van der Waals surface area (Å²) in [6.45, 7) is 11.5. The fourth-order valence-corrected chi connectivity index (χ4v) is 3.29. The number of carboxylic acid groups (broad SMARTS) is 1. The molecule has 0 heterocycles. The zero-order chi connectivity index (χ0) is 25.7. The molecule has 10 heteroatoms. The van der Waals surface area contributed by atoms with Crippen LogP contribution >= 0.6 is 0 Å². The summed E-state index contributed by atoms with van der Waals surface area (Å²) in [6.07, 6.45) is 2.52. The highest BCUT2D eigenvalue weighted by atomic mass is 16.4. The molecule has 0 aromatic carbocycles. The molecule has 33 heavy (non-hydrogen) atoms. The third kappa shape index (κ3) is 11.5. The Kier molecular flexibility index (Phi) is 14.6. The molecule has 0 bridgehead atoms. The van der Waals surface area contributed by atoms with E-state index in [1.165, 1.54) is 0 Å². The van der Waals surface area contributed by atoms with E-state index in [-0.39, 0.29) is 24.2 Å². The standard InChI is InChI=1S/C23H45N5O5/c1-7-15(6)18(25)21(30)28-19(14(4)5)22(31)26-16(10-8-9-11-24)20(29)27-17(23(32)33)12-13(2)3/h13-19H,7-12,24-25H2,1-6H3,(H,26,31)(H,27,29)(H,28,30)(H,32,33). The van der Waals surface area contributed by atoms with Gasteiger partial charge in [-0.1, -0.05) is 48.0 Å². The molecule has 0 aliphatic rings. The smallest absolute Gasteiger partial charge is 0.326 e. The lowest BCUT2D eigenvalue weighted by Gasteiger charge is -2.28. The van der Waals surface area contributed by atoms with E-state index in [4.69, 9.17) is 11.5 Å². The Bertz CT molecular complexity index is 641. The third-order valence-corrected chi connectivity index (χ3v) is 5.71. The molecule has 0 rings (SSSR count). The number of hydrogen-bond acceptors (Lipinski definition) is 6. The highest BCUT2D eigenvalue weighted by Crippen LogP contribution is 2.10.